The van der Waals surface area contributed by atoms with E-state index in [0.29, 0.717) is 4.47 Å². The van der Waals surface area contributed by atoms with Crippen LogP contribution in [0, 0.1) is 0 Å². The Morgan fingerprint density at radius 3 is 2.92 bits per heavy atom. The average Bonchev–Trinajstić information content (AvgIpc) is 2.23. The van der Waals surface area contributed by atoms with Crippen LogP contribution in [-0.2, 0) is 10.7 Å². The molecule has 13 heavy (non-hydrogen) atoms. The highest BCUT2D eigenvalue weighted by Gasteiger charge is 2.49. The number of nitrogens with one attached hydrogen (secondary N) is 1. The number of rotatable bonds is 0. The molecule has 1 aromatic heterocycles. The minimum Gasteiger partial charge on any atom is -0.319 e. The number of alkyl halides is 2. The summed E-state index contributed by atoms with van der Waals surface area (Å²) < 4.78 is 26.5. The zero-order valence-corrected chi connectivity index (χ0v) is 7.73. The molecule has 1 N–H and O–H groups in total. The first-order chi connectivity index (χ1) is 6.01. The zero-order valence-electron chi connectivity index (χ0n) is 6.14. The highest BCUT2D eigenvalue weighted by Crippen LogP contribution is 2.39. The molecule has 0 radical (unpaired) electrons. The van der Waals surface area contributed by atoms with Crippen LogP contribution in [-0.4, -0.2) is 10.9 Å². The molecule has 0 unspecified atom stereocenters. The van der Waals surface area contributed by atoms with Crippen molar-refractivity contribution in [2.75, 3.05) is 5.32 Å². The average molecular weight is 249 g/mol. The molecular weight excluding hydrogens is 246 g/mol. The maximum atomic E-state index is 13.0. The molecule has 3 nitrogen and oxygen atoms in total. The number of aromatic nitrogens is 1. The van der Waals surface area contributed by atoms with Gasteiger partial charge in [-0.25, -0.2) is 0 Å². The summed E-state index contributed by atoms with van der Waals surface area (Å²) >= 11 is 3.06. The summed E-state index contributed by atoms with van der Waals surface area (Å²) in [5.74, 6) is -4.83. The number of hydrogen-bond acceptors (Lipinski definition) is 2. The van der Waals surface area contributed by atoms with Crippen molar-refractivity contribution in [3.05, 3.63) is 22.4 Å². The Bertz CT molecular complexity index is 394. The molecule has 0 spiro atoms. The van der Waals surface area contributed by atoms with Gasteiger partial charge in [0.15, 0.2) is 0 Å². The minimum absolute atomic E-state index is 0.0596. The predicted molar refractivity (Wildman–Crippen MR) is 44.5 cm³/mol. The summed E-state index contributed by atoms with van der Waals surface area (Å²) in [5.41, 5.74) is -0.454. The summed E-state index contributed by atoms with van der Waals surface area (Å²) in [6.45, 7) is 0. The fraction of sp³-hybridized carbons (Fsp3) is 0.143. The van der Waals surface area contributed by atoms with Gasteiger partial charge < -0.3 is 5.32 Å². The fourth-order valence-electron chi connectivity index (χ4n) is 1.09. The van der Waals surface area contributed by atoms with Crippen LogP contribution < -0.4 is 5.32 Å². The quantitative estimate of drug-likeness (QED) is 0.762. The van der Waals surface area contributed by atoms with Crippen LogP contribution in [0.5, 0.6) is 0 Å². The number of anilines is 1. The number of amides is 1. The van der Waals surface area contributed by atoms with Crippen molar-refractivity contribution in [1.82, 2.24) is 4.98 Å². The highest BCUT2D eigenvalue weighted by atomic mass is 79.9. The predicted octanol–water partition coefficient (Wildman–Crippen LogP) is 1.89. The van der Waals surface area contributed by atoms with E-state index in [-0.39, 0.29) is 5.69 Å². The Balaban J connectivity index is 2.62. The second-order valence-corrected chi connectivity index (χ2v) is 3.49. The number of hydrogen-bond donors (Lipinski definition) is 1. The highest BCUT2D eigenvalue weighted by molar-refractivity contribution is 9.10. The summed E-state index contributed by atoms with van der Waals surface area (Å²) in [4.78, 5) is 14.2. The van der Waals surface area contributed by atoms with E-state index in [2.05, 4.69) is 20.9 Å². The second kappa shape index (κ2) is 2.47. The van der Waals surface area contributed by atoms with Crippen LogP contribution >= 0.6 is 15.9 Å². The van der Waals surface area contributed by atoms with Gasteiger partial charge in [-0.3, -0.25) is 9.78 Å². The molecule has 0 saturated heterocycles. The monoisotopic (exact) mass is 248 g/mol. The standard InChI is InChI=1S/C7H3BrF2N2O/c8-3-1-4-5(11-2-3)7(9,10)6(13)12-4/h1-2H,(H,12,13). The Hall–Kier alpha value is -1.04. The molecule has 0 aliphatic carbocycles. The molecule has 1 aliphatic heterocycles. The second-order valence-electron chi connectivity index (χ2n) is 2.58. The van der Waals surface area contributed by atoms with Crippen LogP contribution in [0.3, 0.4) is 0 Å². The van der Waals surface area contributed by atoms with Gasteiger partial charge in [-0.2, -0.15) is 8.78 Å². The molecule has 6 heteroatoms. The molecule has 2 heterocycles. The van der Waals surface area contributed by atoms with Crippen molar-refractivity contribution in [1.29, 1.82) is 0 Å². The van der Waals surface area contributed by atoms with E-state index in [9.17, 15) is 13.6 Å². The van der Waals surface area contributed by atoms with Gasteiger partial charge in [0.05, 0.1) is 5.69 Å². The lowest BCUT2D eigenvalue weighted by molar-refractivity contribution is -0.139. The van der Waals surface area contributed by atoms with Crippen molar-refractivity contribution in [2.24, 2.45) is 0 Å². The first-order valence-electron chi connectivity index (χ1n) is 3.37. The summed E-state index contributed by atoms with van der Waals surface area (Å²) in [7, 11) is 0. The molecule has 0 aromatic carbocycles. The Morgan fingerprint density at radius 2 is 2.23 bits per heavy atom. The Morgan fingerprint density at radius 1 is 1.54 bits per heavy atom. The molecule has 1 aromatic rings. The van der Waals surface area contributed by atoms with E-state index in [1.54, 1.807) is 0 Å². The van der Waals surface area contributed by atoms with Crippen LogP contribution in [0.25, 0.3) is 0 Å². The van der Waals surface area contributed by atoms with Gasteiger partial charge in [-0.1, -0.05) is 0 Å². The lowest BCUT2D eigenvalue weighted by Crippen LogP contribution is -2.24. The topological polar surface area (TPSA) is 42.0 Å². The van der Waals surface area contributed by atoms with E-state index in [0.717, 1.165) is 0 Å². The van der Waals surface area contributed by atoms with Crippen LogP contribution in [0.1, 0.15) is 5.69 Å². The van der Waals surface area contributed by atoms with Crippen molar-refractivity contribution < 1.29 is 13.6 Å². The summed E-state index contributed by atoms with van der Waals surface area (Å²) in [5, 5.41) is 2.05. The molecule has 68 valence electrons. The first kappa shape index (κ1) is 8.55. The van der Waals surface area contributed by atoms with Crippen molar-refractivity contribution in [3.8, 4) is 0 Å². The largest absolute Gasteiger partial charge is 0.368 e. The van der Waals surface area contributed by atoms with Crippen LogP contribution in [0.15, 0.2) is 16.7 Å². The smallest absolute Gasteiger partial charge is 0.319 e. The third kappa shape index (κ3) is 1.13. The first-order valence-corrected chi connectivity index (χ1v) is 4.16. The van der Waals surface area contributed by atoms with Gasteiger partial charge in [0, 0.05) is 10.7 Å². The molecule has 0 saturated carbocycles. The lowest BCUT2D eigenvalue weighted by atomic mass is 10.2. The summed E-state index contributed by atoms with van der Waals surface area (Å²) in [6, 6.07) is 1.39. The number of halogens is 3. The number of carbonyl (C=O) groups is 1. The number of pyridine rings is 1. The molecule has 2 rings (SSSR count). The third-order valence-corrected chi connectivity index (χ3v) is 2.12. The van der Waals surface area contributed by atoms with Crippen molar-refractivity contribution in [2.45, 2.75) is 5.92 Å². The molecule has 1 amide bonds. The van der Waals surface area contributed by atoms with E-state index in [4.69, 9.17) is 0 Å². The third-order valence-electron chi connectivity index (χ3n) is 1.69. The van der Waals surface area contributed by atoms with E-state index >= 15 is 0 Å². The minimum atomic E-state index is -3.50. The Labute approximate surface area is 80.3 Å². The molecular formula is C7H3BrF2N2O. The van der Waals surface area contributed by atoms with Gasteiger partial charge in [0.1, 0.15) is 5.69 Å². The van der Waals surface area contributed by atoms with E-state index in [1.807, 2.05) is 5.32 Å². The maximum absolute atomic E-state index is 13.0. The SMILES string of the molecule is O=C1Nc2cc(Br)cnc2C1(F)F. The number of carbonyl (C=O) groups excluding carboxylic acids is 1. The number of nitrogens with zero attached hydrogens (tertiary/aromatic N) is 1. The van der Waals surface area contributed by atoms with Crippen molar-refractivity contribution >= 4 is 27.5 Å². The number of fused-ring (bicyclic) bond motifs is 1. The van der Waals surface area contributed by atoms with Gasteiger partial charge in [-0.05, 0) is 22.0 Å². The van der Waals surface area contributed by atoms with Crippen LogP contribution in [0.2, 0.25) is 0 Å². The maximum Gasteiger partial charge on any atom is 0.368 e. The van der Waals surface area contributed by atoms with Gasteiger partial charge >= 0.3 is 11.8 Å². The van der Waals surface area contributed by atoms with Gasteiger partial charge in [-0.15, -0.1) is 0 Å². The molecule has 0 bridgehead atoms. The molecule has 0 atom stereocenters. The van der Waals surface area contributed by atoms with Gasteiger partial charge in [0.25, 0.3) is 0 Å². The van der Waals surface area contributed by atoms with E-state index < -0.39 is 17.5 Å². The Kier molecular flexibility index (Phi) is 1.63. The van der Waals surface area contributed by atoms with E-state index in [1.165, 1.54) is 12.3 Å². The summed E-state index contributed by atoms with van der Waals surface area (Å²) in [6.07, 6.45) is 1.23. The molecule has 1 aliphatic rings. The van der Waals surface area contributed by atoms with Gasteiger partial charge in [0.2, 0.25) is 0 Å². The lowest BCUT2D eigenvalue weighted by Gasteiger charge is -2.03. The molecule has 0 fully saturated rings. The van der Waals surface area contributed by atoms with Crippen molar-refractivity contribution in [3.63, 3.8) is 0 Å². The fourth-order valence-corrected chi connectivity index (χ4v) is 1.42. The van der Waals surface area contributed by atoms with Crippen LogP contribution in [0.4, 0.5) is 14.5 Å². The zero-order chi connectivity index (χ0) is 9.64. The normalized spacial score (nSPS) is 18.2.